The molecular weight excluding hydrogens is 202 g/mol. The Morgan fingerprint density at radius 3 is 3.00 bits per heavy atom. The van der Waals surface area contributed by atoms with Gasteiger partial charge in [0.2, 0.25) is 0 Å². The van der Waals surface area contributed by atoms with E-state index in [1.807, 2.05) is 0 Å². The van der Waals surface area contributed by atoms with E-state index in [1.54, 1.807) is 24.6 Å². The second-order valence-corrected chi connectivity index (χ2v) is 5.58. The van der Waals surface area contributed by atoms with Crippen molar-refractivity contribution in [2.45, 2.75) is 12.5 Å². The smallest absolute Gasteiger partial charge is 0.152 e. The quantitative estimate of drug-likeness (QED) is 0.685. The van der Waals surface area contributed by atoms with E-state index in [2.05, 4.69) is 4.99 Å². The van der Waals surface area contributed by atoms with Crippen LogP contribution in [0.4, 0.5) is 0 Å². The number of hydrogen-bond acceptors (Lipinski definition) is 4. The molecule has 0 N–H and O–H groups in total. The van der Waals surface area contributed by atoms with Crippen molar-refractivity contribution >= 4 is 16.1 Å². The molecule has 2 rings (SSSR count). The van der Waals surface area contributed by atoms with Gasteiger partial charge in [0.05, 0.1) is 30.0 Å². The van der Waals surface area contributed by atoms with E-state index in [9.17, 15) is 8.42 Å². The van der Waals surface area contributed by atoms with Gasteiger partial charge in [0.15, 0.2) is 9.84 Å². The Kier molecular flexibility index (Phi) is 2.41. The fourth-order valence-corrected chi connectivity index (χ4v) is 3.07. The average Bonchev–Trinajstić information content (AvgIpc) is 2.70. The summed E-state index contributed by atoms with van der Waals surface area (Å²) in [6.07, 6.45) is 3.78. The predicted octanol–water partition coefficient (Wildman–Crippen LogP) is 0.886. The Bertz CT molecular complexity index is 419. The summed E-state index contributed by atoms with van der Waals surface area (Å²) >= 11 is 0. The van der Waals surface area contributed by atoms with Gasteiger partial charge in [-0.15, -0.1) is 0 Å². The summed E-state index contributed by atoms with van der Waals surface area (Å²) in [7, 11) is -2.83. The fourth-order valence-electron chi connectivity index (χ4n) is 1.44. The largest absolute Gasteiger partial charge is 0.463 e. The van der Waals surface area contributed by atoms with Gasteiger partial charge in [-0.05, 0) is 18.6 Å². The molecule has 1 aliphatic rings. The Balaban J connectivity index is 2.00. The van der Waals surface area contributed by atoms with Crippen LogP contribution in [0.5, 0.6) is 0 Å². The maximum absolute atomic E-state index is 11.1. The van der Waals surface area contributed by atoms with E-state index < -0.39 is 9.84 Å². The molecule has 0 spiro atoms. The van der Waals surface area contributed by atoms with Gasteiger partial charge < -0.3 is 4.42 Å². The summed E-state index contributed by atoms with van der Waals surface area (Å²) in [5.74, 6) is 1.09. The van der Waals surface area contributed by atoms with Gasteiger partial charge in [0.1, 0.15) is 5.76 Å². The van der Waals surface area contributed by atoms with E-state index in [1.165, 1.54) is 0 Å². The number of furan rings is 1. The number of sulfone groups is 1. The van der Waals surface area contributed by atoms with Crippen LogP contribution in [0.3, 0.4) is 0 Å². The van der Waals surface area contributed by atoms with Crippen LogP contribution in [0.2, 0.25) is 0 Å². The van der Waals surface area contributed by atoms with Crippen molar-refractivity contribution in [3.63, 3.8) is 0 Å². The van der Waals surface area contributed by atoms with Crippen molar-refractivity contribution in [1.29, 1.82) is 0 Å². The number of aliphatic imine (C=N–C) groups is 1. The van der Waals surface area contributed by atoms with Crippen molar-refractivity contribution in [3.8, 4) is 0 Å². The highest BCUT2D eigenvalue weighted by molar-refractivity contribution is 7.91. The van der Waals surface area contributed by atoms with Crippen molar-refractivity contribution in [1.82, 2.24) is 0 Å². The SMILES string of the molecule is O=S1(=O)CC[C@H](N=Cc2ccco2)C1. The second kappa shape index (κ2) is 3.57. The highest BCUT2D eigenvalue weighted by Crippen LogP contribution is 2.14. The molecule has 1 aromatic rings. The summed E-state index contributed by atoms with van der Waals surface area (Å²) in [5, 5.41) is 0. The summed E-state index contributed by atoms with van der Waals surface area (Å²) in [5.41, 5.74) is 0. The Hall–Kier alpha value is -1.10. The van der Waals surface area contributed by atoms with Crippen molar-refractivity contribution < 1.29 is 12.8 Å². The third-order valence-corrected chi connectivity index (χ3v) is 3.91. The van der Waals surface area contributed by atoms with Crippen LogP contribution >= 0.6 is 0 Å². The van der Waals surface area contributed by atoms with Gasteiger partial charge in [0.25, 0.3) is 0 Å². The van der Waals surface area contributed by atoms with Crippen LogP contribution in [0.1, 0.15) is 12.2 Å². The average molecular weight is 213 g/mol. The fraction of sp³-hybridized carbons (Fsp3) is 0.444. The molecule has 76 valence electrons. The van der Waals surface area contributed by atoms with Gasteiger partial charge >= 0.3 is 0 Å². The first-order chi connectivity index (χ1) is 6.66. The topological polar surface area (TPSA) is 59.6 Å². The van der Waals surface area contributed by atoms with E-state index >= 15 is 0 Å². The van der Waals surface area contributed by atoms with Crippen LogP contribution in [0, 0.1) is 0 Å². The number of rotatable bonds is 2. The molecule has 1 saturated heterocycles. The third kappa shape index (κ3) is 2.23. The van der Waals surface area contributed by atoms with E-state index in [4.69, 9.17) is 4.42 Å². The molecule has 1 atom stereocenters. The molecule has 14 heavy (non-hydrogen) atoms. The minimum absolute atomic E-state index is 0.0925. The maximum Gasteiger partial charge on any atom is 0.152 e. The van der Waals surface area contributed by atoms with Gasteiger partial charge in [-0.25, -0.2) is 8.42 Å². The molecule has 1 fully saturated rings. The molecule has 4 nitrogen and oxygen atoms in total. The predicted molar refractivity (Wildman–Crippen MR) is 53.4 cm³/mol. The van der Waals surface area contributed by atoms with Crippen LogP contribution in [-0.2, 0) is 9.84 Å². The zero-order valence-electron chi connectivity index (χ0n) is 7.59. The number of nitrogens with zero attached hydrogens (tertiary/aromatic N) is 1. The Morgan fingerprint density at radius 1 is 1.57 bits per heavy atom. The number of hydrogen-bond donors (Lipinski definition) is 0. The van der Waals surface area contributed by atoms with Gasteiger partial charge in [-0.2, -0.15) is 0 Å². The summed E-state index contributed by atoms with van der Waals surface area (Å²) in [6.45, 7) is 0. The monoisotopic (exact) mass is 213 g/mol. The highest BCUT2D eigenvalue weighted by atomic mass is 32.2. The van der Waals surface area contributed by atoms with Crippen molar-refractivity contribution in [2.24, 2.45) is 4.99 Å². The van der Waals surface area contributed by atoms with Crippen LogP contribution in [0.15, 0.2) is 27.8 Å². The summed E-state index contributed by atoms with van der Waals surface area (Å²) in [6, 6.07) is 3.46. The van der Waals surface area contributed by atoms with E-state index in [0.29, 0.717) is 12.2 Å². The Labute approximate surface area is 82.6 Å². The standard InChI is InChI=1S/C9H11NO3S/c11-14(12)5-3-8(7-14)10-6-9-2-1-4-13-9/h1-2,4,6,8H,3,5,7H2/t8-/m0/s1. The molecule has 5 heteroatoms. The first kappa shape index (κ1) is 9.45. The lowest BCUT2D eigenvalue weighted by atomic mass is 10.3. The third-order valence-electron chi connectivity index (χ3n) is 2.16. The normalized spacial score (nSPS) is 25.9. The van der Waals surface area contributed by atoms with Crippen LogP contribution in [-0.4, -0.2) is 32.2 Å². The summed E-state index contributed by atoms with van der Waals surface area (Å²) < 4.78 is 27.3. The molecule has 0 radical (unpaired) electrons. The lowest BCUT2D eigenvalue weighted by molar-refractivity contribution is 0.559. The van der Waals surface area contributed by atoms with Crippen LogP contribution in [0.25, 0.3) is 0 Å². The minimum Gasteiger partial charge on any atom is -0.463 e. The minimum atomic E-state index is -2.83. The first-order valence-electron chi connectivity index (χ1n) is 4.43. The molecule has 1 aromatic heterocycles. The van der Waals surface area contributed by atoms with Crippen LogP contribution < -0.4 is 0 Å². The molecule has 0 aromatic carbocycles. The first-order valence-corrected chi connectivity index (χ1v) is 6.25. The van der Waals surface area contributed by atoms with E-state index in [-0.39, 0.29) is 17.5 Å². The van der Waals surface area contributed by atoms with Crippen molar-refractivity contribution in [3.05, 3.63) is 24.2 Å². The van der Waals surface area contributed by atoms with E-state index in [0.717, 1.165) is 0 Å². The molecule has 0 aliphatic carbocycles. The molecule has 1 aliphatic heterocycles. The maximum atomic E-state index is 11.1. The molecular formula is C9H11NO3S. The van der Waals surface area contributed by atoms with Gasteiger partial charge in [-0.3, -0.25) is 4.99 Å². The second-order valence-electron chi connectivity index (χ2n) is 3.35. The van der Waals surface area contributed by atoms with Crippen molar-refractivity contribution in [2.75, 3.05) is 11.5 Å². The van der Waals surface area contributed by atoms with Gasteiger partial charge in [0, 0.05) is 0 Å². The zero-order chi connectivity index (χ0) is 10.0. The molecule has 0 unspecified atom stereocenters. The lowest BCUT2D eigenvalue weighted by Crippen LogP contribution is -2.07. The summed E-state index contributed by atoms with van der Waals surface area (Å²) in [4.78, 5) is 4.16. The molecule has 0 amide bonds. The highest BCUT2D eigenvalue weighted by Gasteiger charge is 2.26. The lowest BCUT2D eigenvalue weighted by Gasteiger charge is -1.96. The molecule has 0 bridgehead atoms. The van der Waals surface area contributed by atoms with Gasteiger partial charge in [-0.1, -0.05) is 0 Å². The molecule has 0 saturated carbocycles. The molecule has 2 heterocycles. The Morgan fingerprint density at radius 2 is 2.43 bits per heavy atom. The zero-order valence-corrected chi connectivity index (χ0v) is 8.40.